The van der Waals surface area contributed by atoms with Gasteiger partial charge in [0.05, 0.1) is 0 Å². The van der Waals surface area contributed by atoms with Gasteiger partial charge in [-0.3, -0.25) is 9.67 Å². The molecule has 0 saturated heterocycles. The summed E-state index contributed by atoms with van der Waals surface area (Å²) in [5.41, 5.74) is 1.23. The van der Waals surface area contributed by atoms with Crippen molar-refractivity contribution in [2.45, 2.75) is 45.3 Å². The summed E-state index contributed by atoms with van der Waals surface area (Å²) in [6.45, 7) is 9.13. The summed E-state index contributed by atoms with van der Waals surface area (Å²) in [6.07, 6.45) is 4.78. The molecule has 1 aromatic carbocycles. The Labute approximate surface area is 180 Å². The fraction of sp³-hybridized carbons (Fsp3) is 0.500. The van der Waals surface area contributed by atoms with Crippen molar-refractivity contribution >= 4 is 29.9 Å². The van der Waals surface area contributed by atoms with Gasteiger partial charge in [-0.2, -0.15) is 5.10 Å². The Bertz CT molecular complexity index is 654. The first-order valence-corrected chi connectivity index (χ1v) is 9.25. The zero-order valence-electron chi connectivity index (χ0n) is 16.8. The van der Waals surface area contributed by atoms with Gasteiger partial charge in [0.1, 0.15) is 0 Å². The van der Waals surface area contributed by atoms with Crippen LogP contribution in [0.1, 0.15) is 38.8 Å². The van der Waals surface area contributed by atoms with Gasteiger partial charge in [-0.25, -0.2) is 0 Å². The molecule has 27 heavy (non-hydrogen) atoms. The third kappa shape index (κ3) is 8.75. The second-order valence-corrected chi connectivity index (χ2v) is 7.14. The van der Waals surface area contributed by atoms with Gasteiger partial charge in [0, 0.05) is 50.7 Å². The predicted octanol–water partition coefficient (Wildman–Crippen LogP) is 3.19. The van der Waals surface area contributed by atoms with Crippen molar-refractivity contribution in [1.82, 2.24) is 25.7 Å². The maximum atomic E-state index is 4.31. The highest BCUT2D eigenvalue weighted by Crippen LogP contribution is 2.15. The van der Waals surface area contributed by atoms with Crippen LogP contribution in [-0.4, -0.2) is 41.4 Å². The van der Waals surface area contributed by atoms with Gasteiger partial charge in [0.2, 0.25) is 0 Å². The van der Waals surface area contributed by atoms with Crippen LogP contribution in [0.5, 0.6) is 0 Å². The van der Waals surface area contributed by atoms with Crippen LogP contribution in [0, 0.1) is 0 Å². The number of hydrogen-bond donors (Lipinski definition) is 3. The van der Waals surface area contributed by atoms with Crippen LogP contribution in [0.25, 0.3) is 0 Å². The fourth-order valence-electron chi connectivity index (χ4n) is 2.87. The van der Waals surface area contributed by atoms with E-state index in [-0.39, 0.29) is 35.6 Å². The monoisotopic (exact) mass is 484 g/mol. The van der Waals surface area contributed by atoms with Crippen LogP contribution >= 0.6 is 24.0 Å². The first-order valence-electron chi connectivity index (χ1n) is 9.25. The van der Waals surface area contributed by atoms with E-state index in [0.29, 0.717) is 0 Å². The molecular weight excluding hydrogens is 451 g/mol. The van der Waals surface area contributed by atoms with Crippen LogP contribution in [0.15, 0.2) is 53.8 Å². The number of guanidine groups is 1. The number of hydrogen-bond acceptors (Lipinski definition) is 3. The van der Waals surface area contributed by atoms with E-state index in [0.717, 1.165) is 32.0 Å². The average Bonchev–Trinajstić information content (AvgIpc) is 3.15. The normalized spacial score (nSPS) is 13.0. The van der Waals surface area contributed by atoms with Crippen LogP contribution in [0.3, 0.4) is 0 Å². The number of halogens is 1. The Balaban J connectivity index is 0.00000364. The summed E-state index contributed by atoms with van der Waals surface area (Å²) in [5.74, 6) is 0.827. The first kappa shape index (κ1) is 23.4. The van der Waals surface area contributed by atoms with Crippen molar-refractivity contribution in [3.05, 3.63) is 54.4 Å². The number of aliphatic imine (C=N–C) groups is 1. The minimum Gasteiger partial charge on any atom is -0.356 e. The number of aromatic nitrogens is 2. The smallest absolute Gasteiger partial charge is 0.191 e. The van der Waals surface area contributed by atoms with Crippen LogP contribution in [0.4, 0.5) is 0 Å². The van der Waals surface area contributed by atoms with Crippen molar-refractivity contribution < 1.29 is 0 Å². The van der Waals surface area contributed by atoms with E-state index in [2.05, 4.69) is 71.1 Å². The number of rotatable bonds is 9. The maximum Gasteiger partial charge on any atom is 0.191 e. The van der Waals surface area contributed by atoms with Crippen LogP contribution < -0.4 is 16.0 Å². The van der Waals surface area contributed by atoms with E-state index in [4.69, 9.17) is 0 Å². The molecule has 3 N–H and O–H groups in total. The van der Waals surface area contributed by atoms with Crippen molar-refractivity contribution in [2.75, 3.05) is 20.1 Å². The second-order valence-electron chi connectivity index (χ2n) is 7.14. The van der Waals surface area contributed by atoms with E-state index in [1.807, 2.05) is 23.0 Å². The zero-order chi connectivity index (χ0) is 18.8. The van der Waals surface area contributed by atoms with Gasteiger partial charge in [-0.15, -0.1) is 24.0 Å². The van der Waals surface area contributed by atoms with Crippen molar-refractivity contribution in [2.24, 2.45) is 4.99 Å². The molecule has 2 aromatic rings. The second kappa shape index (κ2) is 12.0. The summed E-state index contributed by atoms with van der Waals surface area (Å²) in [5, 5.41) is 14.7. The van der Waals surface area contributed by atoms with Crippen molar-refractivity contribution in [3.8, 4) is 0 Å². The lowest BCUT2D eigenvalue weighted by Crippen LogP contribution is -2.52. The highest BCUT2D eigenvalue weighted by Gasteiger charge is 2.21. The highest BCUT2D eigenvalue weighted by molar-refractivity contribution is 14.0. The van der Waals surface area contributed by atoms with E-state index < -0.39 is 0 Å². The summed E-state index contributed by atoms with van der Waals surface area (Å²) < 4.78 is 1.94. The highest BCUT2D eigenvalue weighted by atomic mass is 127. The molecule has 0 bridgehead atoms. The molecule has 2 rings (SSSR count). The summed E-state index contributed by atoms with van der Waals surface area (Å²) in [6, 6.07) is 12.7. The van der Waals surface area contributed by atoms with E-state index in [1.165, 1.54) is 5.56 Å². The molecule has 1 aromatic heterocycles. The van der Waals surface area contributed by atoms with Gasteiger partial charge in [0.15, 0.2) is 5.96 Å². The molecule has 6 nitrogen and oxygen atoms in total. The Morgan fingerprint density at radius 2 is 1.93 bits per heavy atom. The molecule has 1 unspecified atom stereocenters. The predicted molar refractivity (Wildman–Crippen MR) is 124 cm³/mol. The lowest BCUT2D eigenvalue weighted by molar-refractivity contribution is 0.344. The molecule has 0 fully saturated rings. The zero-order valence-corrected chi connectivity index (χ0v) is 19.1. The lowest BCUT2D eigenvalue weighted by atomic mass is 10.0. The molecule has 1 heterocycles. The summed E-state index contributed by atoms with van der Waals surface area (Å²) >= 11 is 0. The van der Waals surface area contributed by atoms with Crippen LogP contribution in [-0.2, 0) is 6.54 Å². The molecule has 0 aliphatic carbocycles. The first-order chi connectivity index (χ1) is 12.5. The van der Waals surface area contributed by atoms with Gasteiger partial charge < -0.3 is 16.0 Å². The minimum atomic E-state index is -0.0675. The third-order valence-electron chi connectivity index (χ3n) is 4.24. The molecule has 0 aliphatic heterocycles. The average molecular weight is 484 g/mol. The van der Waals surface area contributed by atoms with E-state index in [1.54, 1.807) is 13.2 Å². The number of benzene rings is 1. The fourth-order valence-corrected chi connectivity index (χ4v) is 2.87. The SMILES string of the molecule is CN=C(NCCCn1cccn1)NCC(C)(C)NC(C)c1ccccc1.I. The number of aryl methyl sites for hydroxylation is 1. The quantitative estimate of drug-likeness (QED) is 0.222. The Kier molecular flexibility index (Phi) is 10.4. The molecule has 7 heteroatoms. The Hall–Kier alpha value is -1.61. The van der Waals surface area contributed by atoms with E-state index in [9.17, 15) is 0 Å². The molecule has 150 valence electrons. The Morgan fingerprint density at radius 3 is 2.56 bits per heavy atom. The number of nitrogens with one attached hydrogen (secondary N) is 3. The maximum absolute atomic E-state index is 4.31. The van der Waals surface area contributed by atoms with Crippen LogP contribution in [0.2, 0.25) is 0 Å². The standard InChI is InChI=1S/C20H32N6.HI/c1-17(18-10-6-5-7-11-18)25-20(2,3)16-23-19(21-4)22-12-8-14-26-15-9-13-24-26;/h5-7,9-11,13,15,17,25H,8,12,14,16H2,1-4H3,(H2,21,22,23);1H. The topological polar surface area (TPSA) is 66.3 Å². The van der Waals surface area contributed by atoms with Gasteiger partial charge in [0.25, 0.3) is 0 Å². The molecule has 0 amide bonds. The van der Waals surface area contributed by atoms with Gasteiger partial charge >= 0.3 is 0 Å². The van der Waals surface area contributed by atoms with Crippen molar-refractivity contribution in [3.63, 3.8) is 0 Å². The summed E-state index contributed by atoms with van der Waals surface area (Å²) in [4.78, 5) is 4.31. The molecule has 0 saturated carbocycles. The largest absolute Gasteiger partial charge is 0.356 e. The van der Waals surface area contributed by atoms with Gasteiger partial charge in [-0.1, -0.05) is 30.3 Å². The number of nitrogens with zero attached hydrogens (tertiary/aromatic N) is 3. The van der Waals surface area contributed by atoms with Crippen molar-refractivity contribution in [1.29, 1.82) is 0 Å². The molecule has 0 radical (unpaired) electrons. The molecule has 0 aliphatic rings. The van der Waals surface area contributed by atoms with E-state index >= 15 is 0 Å². The van der Waals surface area contributed by atoms with Gasteiger partial charge in [-0.05, 0) is 38.8 Å². The molecule has 1 atom stereocenters. The lowest BCUT2D eigenvalue weighted by Gasteiger charge is -2.31. The Morgan fingerprint density at radius 1 is 1.19 bits per heavy atom. The molecular formula is C20H33IN6. The summed E-state index contributed by atoms with van der Waals surface area (Å²) in [7, 11) is 1.80. The third-order valence-corrected chi connectivity index (χ3v) is 4.24. The molecule has 0 spiro atoms. The minimum absolute atomic E-state index is 0.